The first kappa shape index (κ1) is 17.6. The van der Waals surface area contributed by atoms with Crippen molar-refractivity contribution in [1.82, 2.24) is 0 Å². The minimum absolute atomic E-state index is 0.187. The largest absolute Gasteiger partial charge is 0.480 e. The Kier molecular flexibility index (Phi) is 6.75. The summed E-state index contributed by atoms with van der Waals surface area (Å²) in [6.07, 6.45) is 0.248. The number of thioether (sulfide) groups is 1. The van der Waals surface area contributed by atoms with Gasteiger partial charge in [0.2, 0.25) is 0 Å². The molecule has 4 nitrogen and oxygen atoms in total. The molecule has 0 heterocycles. The second-order valence-corrected chi connectivity index (χ2v) is 6.23. The van der Waals surface area contributed by atoms with Gasteiger partial charge in [0.1, 0.15) is 0 Å². The summed E-state index contributed by atoms with van der Waals surface area (Å²) in [6.45, 7) is 5.37. The maximum absolute atomic E-state index is 12.2. The van der Waals surface area contributed by atoms with Gasteiger partial charge in [0, 0.05) is 4.90 Å². The molecule has 0 saturated heterocycles. The standard InChI is InChI=1S/C16H22O4S/c1-4-20-15(19)16(12(2)3,14(17)18)10-11-21-13-8-6-5-7-9-13/h5-9,12H,4,10-11H2,1-3H3,(H,17,18). The van der Waals surface area contributed by atoms with E-state index in [4.69, 9.17) is 4.74 Å². The lowest BCUT2D eigenvalue weighted by Gasteiger charge is -2.30. The van der Waals surface area contributed by atoms with Crippen LogP contribution in [0.1, 0.15) is 27.2 Å². The van der Waals surface area contributed by atoms with Crippen molar-refractivity contribution >= 4 is 23.7 Å². The van der Waals surface area contributed by atoms with Crippen molar-refractivity contribution in [3.8, 4) is 0 Å². The molecule has 1 N–H and O–H groups in total. The molecule has 0 aliphatic heterocycles. The number of hydrogen-bond donors (Lipinski definition) is 1. The summed E-state index contributed by atoms with van der Waals surface area (Å²) in [4.78, 5) is 24.9. The van der Waals surface area contributed by atoms with Crippen LogP contribution in [0.5, 0.6) is 0 Å². The van der Waals surface area contributed by atoms with E-state index in [1.165, 1.54) is 0 Å². The average Bonchev–Trinajstić information content (AvgIpc) is 2.44. The number of carbonyl (C=O) groups excluding carboxylic acids is 1. The number of carboxylic acid groups (broad SMARTS) is 1. The van der Waals surface area contributed by atoms with Crippen LogP contribution >= 0.6 is 11.8 Å². The molecule has 1 rings (SSSR count). The van der Waals surface area contributed by atoms with E-state index < -0.39 is 17.4 Å². The van der Waals surface area contributed by atoms with Crippen LogP contribution < -0.4 is 0 Å². The van der Waals surface area contributed by atoms with Crippen molar-refractivity contribution in [2.24, 2.45) is 11.3 Å². The number of esters is 1. The van der Waals surface area contributed by atoms with E-state index in [1.54, 1.807) is 32.5 Å². The van der Waals surface area contributed by atoms with Crippen LogP contribution in [0.25, 0.3) is 0 Å². The molecule has 0 aliphatic carbocycles. The van der Waals surface area contributed by atoms with Gasteiger partial charge in [0.05, 0.1) is 6.61 Å². The van der Waals surface area contributed by atoms with Crippen LogP contribution in [-0.4, -0.2) is 29.4 Å². The van der Waals surface area contributed by atoms with E-state index in [-0.39, 0.29) is 18.9 Å². The van der Waals surface area contributed by atoms with Crippen molar-refractivity contribution in [2.45, 2.75) is 32.1 Å². The van der Waals surface area contributed by atoms with E-state index in [2.05, 4.69) is 0 Å². The van der Waals surface area contributed by atoms with Crippen LogP contribution in [0.4, 0.5) is 0 Å². The highest BCUT2D eigenvalue weighted by atomic mass is 32.2. The number of carboxylic acids is 1. The third-order valence-electron chi connectivity index (χ3n) is 3.52. The Morgan fingerprint density at radius 2 is 1.90 bits per heavy atom. The zero-order valence-electron chi connectivity index (χ0n) is 12.7. The summed E-state index contributed by atoms with van der Waals surface area (Å²) in [5, 5.41) is 9.58. The Balaban J connectivity index is 2.82. The number of carbonyl (C=O) groups is 2. The van der Waals surface area contributed by atoms with Crippen LogP contribution in [0.3, 0.4) is 0 Å². The monoisotopic (exact) mass is 310 g/mol. The molecule has 0 amide bonds. The van der Waals surface area contributed by atoms with Gasteiger partial charge in [-0.2, -0.15) is 0 Å². The lowest BCUT2D eigenvalue weighted by atomic mass is 9.75. The zero-order chi connectivity index (χ0) is 15.9. The Morgan fingerprint density at radius 1 is 1.29 bits per heavy atom. The number of aliphatic carboxylic acids is 1. The van der Waals surface area contributed by atoms with Crippen LogP contribution in [0.2, 0.25) is 0 Å². The van der Waals surface area contributed by atoms with Gasteiger partial charge in [0.25, 0.3) is 0 Å². The molecular weight excluding hydrogens is 288 g/mol. The number of benzene rings is 1. The van der Waals surface area contributed by atoms with Crippen molar-refractivity contribution in [1.29, 1.82) is 0 Å². The van der Waals surface area contributed by atoms with Gasteiger partial charge >= 0.3 is 11.9 Å². The second-order valence-electron chi connectivity index (χ2n) is 5.06. The van der Waals surface area contributed by atoms with Gasteiger partial charge < -0.3 is 9.84 Å². The van der Waals surface area contributed by atoms with E-state index in [1.807, 2.05) is 30.3 Å². The highest BCUT2D eigenvalue weighted by Gasteiger charge is 2.49. The molecule has 1 unspecified atom stereocenters. The second kappa shape index (κ2) is 8.08. The molecule has 116 valence electrons. The Morgan fingerprint density at radius 3 is 2.38 bits per heavy atom. The zero-order valence-corrected chi connectivity index (χ0v) is 13.5. The lowest BCUT2D eigenvalue weighted by Crippen LogP contribution is -2.45. The van der Waals surface area contributed by atoms with Crippen LogP contribution in [0, 0.1) is 11.3 Å². The fourth-order valence-electron chi connectivity index (χ4n) is 2.17. The third kappa shape index (κ3) is 4.24. The fourth-order valence-corrected chi connectivity index (χ4v) is 3.18. The summed E-state index contributed by atoms with van der Waals surface area (Å²) in [6, 6.07) is 9.72. The molecule has 1 aromatic rings. The third-order valence-corrected chi connectivity index (χ3v) is 4.53. The first-order valence-corrected chi connectivity index (χ1v) is 8.02. The van der Waals surface area contributed by atoms with Crippen molar-refractivity contribution < 1.29 is 19.4 Å². The Bertz CT molecular complexity index is 472. The predicted molar refractivity (Wildman–Crippen MR) is 83.3 cm³/mol. The highest BCUT2D eigenvalue weighted by Crippen LogP contribution is 2.36. The molecule has 0 bridgehead atoms. The van der Waals surface area contributed by atoms with E-state index >= 15 is 0 Å². The highest BCUT2D eigenvalue weighted by molar-refractivity contribution is 7.99. The first-order valence-electron chi connectivity index (χ1n) is 7.03. The Hall–Kier alpha value is -1.49. The maximum Gasteiger partial charge on any atom is 0.323 e. The topological polar surface area (TPSA) is 63.6 Å². The number of rotatable bonds is 8. The predicted octanol–water partition coefficient (Wildman–Crippen LogP) is 3.46. The minimum Gasteiger partial charge on any atom is -0.480 e. The fraction of sp³-hybridized carbons (Fsp3) is 0.500. The average molecular weight is 310 g/mol. The molecule has 0 spiro atoms. The first-order chi connectivity index (χ1) is 9.95. The summed E-state index contributed by atoms with van der Waals surface area (Å²) in [5.41, 5.74) is -1.47. The van der Waals surface area contributed by atoms with Gasteiger partial charge in [-0.3, -0.25) is 9.59 Å². The van der Waals surface area contributed by atoms with Crippen molar-refractivity contribution in [3.05, 3.63) is 30.3 Å². The summed E-state index contributed by atoms with van der Waals surface area (Å²) < 4.78 is 5.00. The molecule has 21 heavy (non-hydrogen) atoms. The van der Waals surface area contributed by atoms with Gasteiger partial charge in [0.15, 0.2) is 5.41 Å². The van der Waals surface area contributed by atoms with Gasteiger partial charge in [-0.05, 0) is 37.1 Å². The molecule has 5 heteroatoms. The van der Waals surface area contributed by atoms with Crippen LogP contribution in [0.15, 0.2) is 35.2 Å². The Labute approximate surface area is 129 Å². The maximum atomic E-state index is 12.2. The van der Waals surface area contributed by atoms with Crippen LogP contribution in [-0.2, 0) is 14.3 Å². The van der Waals surface area contributed by atoms with Crippen molar-refractivity contribution in [3.63, 3.8) is 0 Å². The molecule has 0 aromatic heterocycles. The molecule has 1 aromatic carbocycles. The van der Waals surface area contributed by atoms with Crippen molar-refractivity contribution in [2.75, 3.05) is 12.4 Å². The SMILES string of the molecule is CCOC(=O)C(CCSc1ccccc1)(C(=O)O)C(C)C. The van der Waals surface area contributed by atoms with Gasteiger partial charge in [-0.25, -0.2) is 0 Å². The molecule has 0 saturated carbocycles. The summed E-state index contributed by atoms with van der Waals surface area (Å²) in [7, 11) is 0. The molecule has 0 aliphatic rings. The van der Waals surface area contributed by atoms with E-state index in [9.17, 15) is 14.7 Å². The summed E-state index contributed by atoms with van der Waals surface area (Å²) >= 11 is 1.55. The van der Waals surface area contributed by atoms with E-state index in [0.717, 1.165) is 4.90 Å². The van der Waals surface area contributed by atoms with Gasteiger partial charge in [-0.1, -0.05) is 32.0 Å². The molecule has 0 radical (unpaired) electrons. The normalized spacial score (nSPS) is 13.7. The summed E-state index contributed by atoms with van der Waals surface area (Å²) in [5.74, 6) is -1.52. The molecule has 1 atom stereocenters. The number of hydrogen-bond acceptors (Lipinski definition) is 4. The van der Waals surface area contributed by atoms with E-state index in [0.29, 0.717) is 5.75 Å². The molecular formula is C16H22O4S. The van der Waals surface area contributed by atoms with Gasteiger partial charge in [-0.15, -0.1) is 11.8 Å². The minimum atomic E-state index is -1.47. The number of ether oxygens (including phenoxy) is 1. The lowest BCUT2D eigenvalue weighted by molar-refractivity contribution is -0.172. The smallest absolute Gasteiger partial charge is 0.323 e. The molecule has 0 fully saturated rings. The quantitative estimate of drug-likeness (QED) is 0.452.